The third-order valence-corrected chi connectivity index (χ3v) is 5.32. The summed E-state index contributed by atoms with van der Waals surface area (Å²) in [4.78, 5) is 2.01. The first-order chi connectivity index (χ1) is 14.4. The smallest absolute Gasteiger partial charge is 0.123 e. The van der Waals surface area contributed by atoms with Crippen LogP contribution in [0.4, 0.5) is 10.1 Å². The lowest BCUT2D eigenvalue weighted by Gasteiger charge is -2.31. The number of hydrogen-bond acceptors (Lipinski definition) is 4. The molecule has 0 aliphatic heterocycles. The monoisotopic (exact) mass is 405 g/mol. The number of nitrogens with zero attached hydrogens (tertiary/aromatic N) is 3. The van der Waals surface area contributed by atoms with Crippen molar-refractivity contribution in [2.45, 2.75) is 12.5 Å². The molecule has 0 saturated heterocycles. The molecule has 1 heterocycles. The number of hydrogen-bond donors (Lipinski definition) is 1. The van der Waals surface area contributed by atoms with Crippen molar-refractivity contribution >= 4 is 16.6 Å². The van der Waals surface area contributed by atoms with Crippen molar-refractivity contribution in [1.29, 1.82) is 0 Å². The van der Waals surface area contributed by atoms with Crippen molar-refractivity contribution in [3.8, 4) is 11.4 Å². The van der Waals surface area contributed by atoms with Crippen LogP contribution in [0.1, 0.15) is 12.5 Å². The lowest BCUT2D eigenvalue weighted by atomic mass is 9.94. The summed E-state index contributed by atoms with van der Waals surface area (Å²) in [5.74, 6) is 0.511. The van der Waals surface area contributed by atoms with Crippen LogP contribution in [-0.4, -0.2) is 35.6 Å². The molecule has 4 rings (SSSR count). The molecule has 3 aromatic carbocycles. The van der Waals surface area contributed by atoms with Gasteiger partial charge in [0.05, 0.1) is 31.1 Å². The third kappa shape index (κ3) is 3.86. The molecule has 1 unspecified atom stereocenters. The number of ether oxygens (including phenoxy) is 1. The normalized spacial score (nSPS) is 13.2. The average Bonchev–Trinajstić information content (AvgIpc) is 3.17. The Bertz CT molecular complexity index is 1150. The number of rotatable bonds is 6. The molecule has 1 N–H and O–H groups in total. The van der Waals surface area contributed by atoms with E-state index in [0.717, 1.165) is 33.6 Å². The van der Waals surface area contributed by atoms with E-state index in [1.54, 1.807) is 37.0 Å². The Labute approximate surface area is 174 Å². The second kappa shape index (κ2) is 7.80. The number of fused-ring (bicyclic) bond motifs is 1. The largest absolute Gasteiger partial charge is 0.497 e. The van der Waals surface area contributed by atoms with Crippen molar-refractivity contribution in [3.05, 3.63) is 84.3 Å². The third-order valence-electron chi connectivity index (χ3n) is 5.32. The van der Waals surface area contributed by atoms with Crippen LogP contribution in [-0.2, 0) is 5.60 Å². The van der Waals surface area contributed by atoms with Gasteiger partial charge in [-0.3, -0.25) is 0 Å². The van der Waals surface area contributed by atoms with Gasteiger partial charge in [-0.25, -0.2) is 9.07 Å². The van der Waals surface area contributed by atoms with Crippen LogP contribution in [0.3, 0.4) is 0 Å². The molecular weight excluding hydrogens is 381 g/mol. The highest BCUT2D eigenvalue weighted by atomic mass is 19.1. The number of likely N-dealkylation sites (N-methyl/N-ethyl adjacent to an activating group) is 1. The Balaban J connectivity index is 1.59. The second-order valence-electron chi connectivity index (χ2n) is 7.63. The fraction of sp³-hybridized carbons (Fsp3) is 0.208. The number of methoxy groups -OCH3 is 1. The van der Waals surface area contributed by atoms with Crippen LogP contribution in [0.15, 0.2) is 72.9 Å². The zero-order valence-corrected chi connectivity index (χ0v) is 17.2. The molecule has 1 aromatic heterocycles. The average molecular weight is 405 g/mol. The van der Waals surface area contributed by atoms with Crippen LogP contribution >= 0.6 is 0 Å². The number of aliphatic hydroxyl groups is 1. The Morgan fingerprint density at radius 2 is 1.77 bits per heavy atom. The second-order valence-corrected chi connectivity index (χ2v) is 7.63. The first-order valence-corrected chi connectivity index (χ1v) is 9.69. The van der Waals surface area contributed by atoms with Gasteiger partial charge < -0.3 is 14.7 Å². The molecule has 0 bridgehead atoms. The van der Waals surface area contributed by atoms with E-state index in [9.17, 15) is 9.50 Å². The van der Waals surface area contributed by atoms with Gasteiger partial charge in [-0.1, -0.05) is 6.07 Å². The lowest BCUT2D eigenvalue weighted by molar-refractivity contribution is 0.0658. The predicted molar refractivity (Wildman–Crippen MR) is 117 cm³/mol. The van der Waals surface area contributed by atoms with E-state index in [1.165, 1.54) is 12.1 Å². The van der Waals surface area contributed by atoms with Gasteiger partial charge in [-0.05, 0) is 73.2 Å². The minimum absolute atomic E-state index is 0.283. The van der Waals surface area contributed by atoms with E-state index in [1.807, 2.05) is 54.4 Å². The van der Waals surface area contributed by atoms with E-state index in [2.05, 4.69) is 5.10 Å². The molecule has 4 aromatic rings. The molecular formula is C24H24FN3O2. The van der Waals surface area contributed by atoms with E-state index in [0.29, 0.717) is 6.54 Å². The van der Waals surface area contributed by atoms with Crippen LogP contribution < -0.4 is 9.64 Å². The molecule has 1 atom stereocenters. The summed E-state index contributed by atoms with van der Waals surface area (Å²) in [6.45, 7) is 2.22. The SMILES string of the molecule is COc1ccc(N(C)CC(C)(O)c2ccc3c(cnn3-c3ccc(F)cc3)c2)cc1. The number of aromatic nitrogens is 2. The van der Waals surface area contributed by atoms with E-state index in [-0.39, 0.29) is 5.82 Å². The fourth-order valence-corrected chi connectivity index (χ4v) is 3.64. The molecule has 30 heavy (non-hydrogen) atoms. The van der Waals surface area contributed by atoms with E-state index >= 15 is 0 Å². The summed E-state index contributed by atoms with van der Waals surface area (Å²) >= 11 is 0. The van der Waals surface area contributed by atoms with Crippen LogP contribution in [0.25, 0.3) is 16.6 Å². The quantitative estimate of drug-likeness (QED) is 0.513. The summed E-state index contributed by atoms with van der Waals surface area (Å²) < 4.78 is 20.2. The number of halogens is 1. The highest BCUT2D eigenvalue weighted by Crippen LogP contribution is 2.29. The molecule has 0 fully saturated rings. The molecule has 0 amide bonds. The van der Waals surface area contributed by atoms with Gasteiger partial charge in [0.2, 0.25) is 0 Å². The van der Waals surface area contributed by atoms with Gasteiger partial charge in [0.15, 0.2) is 0 Å². The van der Waals surface area contributed by atoms with E-state index < -0.39 is 5.60 Å². The molecule has 0 aliphatic carbocycles. The maximum Gasteiger partial charge on any atom is 0.123 e. The molecule has 154 valence electrons. The maximum absolute atomic E-state index is 13.2. The lowest BCUT2D eigenvalue weighted by Crippen LogP contribution is -2.36. The number of anilines is 1. The molecule has 0 saturated carbocycles. The van der Waals surface area contributed by atoms with Crippen LogP contribution in [0.2, 0.25) is 0 Å². The predicted octanol–water partition coefficient (Wildman–Crippen LogP) is 4.52. The van der Waals surface area contributed by atoms with Crippen molar-refractivity contribution in [2.24, 2.45) is 0 Å². The minimum atomic E-state index is -1.07. The Kier molecular flexibility index (Phi) is 5.18. The maximum atomic E-state index is 13.2. The van der Waals surface area contributed by atoms with Gasteiger partial charge in [0, 0.05) is 18.1 Å². The minimum Gasteiger partial charge on any atom is -0.497 e. The van der Waals surface area contributed by atoms with Gasteiger partial charge in [-0.2, -0.15) is 5.10 Å². The summed E-state index contributed by atoms with van der Waals surface area (Å²) in [7, 11) is 3.58. The molecule has 0 spiro atoms. The standard InChI is InChI=1S/C24H24FN3O2/c1-24(29,16-27(2)20-9-11-22(30-3)12-10-20)18-4-13-23-17(14-18)15-26-28(23)21-7-5-19(25)6-8-21/h4-15,29H,16H2,1-3H3. The molecule has 5 nitrogen and oxygen atoms in total. The topological polar surface area (TPSA) is 50.5 Å². The Hall–Kier alpha value is -3.38. The molecule has 0 aliphatic rings. The summed E-state index contributed by atoms with van der Waals surface area (Å²) in [6, 6.07) is 19.7. The summed E-state index contributed by atoms with van der Waals surface area (Å²) in [5, 5.41) is 16.5. The number of benzene rings is 3. The van der Waals surface area contributed by atoms with Crippen LogP contribution in [0.5, 0.6) is 5.75 Å². The molecule has 6 heteroatoms. The zero-order chi connectivity index (χ0) is 21.3. The fourth-order valence-electron chi connectivity index (χ4n) is 3.64. The van der Waals surface area contributed by atoms with Gasteiger partial charge in [-0.15, -0.1) is 0 Å². The van der Waals surface area contributed by atoms with Crippen molar-refractivity contribution in [1.82, 2.24) is 9.78 Å². The first-order valence-electron chi connectivity index (χ1n) is 9.69. The van der Waals surface area contributed by atoms with Crippen molar-refractivity contribution < 1.29 is 14.2 Å². The highest BCUT2D eigenvalue weighted by molar-refractivity contribution is 5.81. The molecule has 0 radical (unpaired) electrons. The van der Waals surface area contributed by atoms with Crippen LogP contribution in [0, 0.1) is 5.82 Å². The summed E-state index contributed by atoms with van der Waals surface area (Å²) in [5.41, 5.74) is 2.39. The Morgan fingerprint density at radius 3 is 2.43 bits per heavy atom. The van der Waals surface area contributed by atoms with Gasteiger partial charge in [0.25, 0.3) is 0 Å². The highest BCUT2D eigenvalue weighted by Gasteiger charge is 2.26. The van der Waals surface area contributed by atoms with Crippen molar-refractivity contribution in [3.63, 3.8) is 0 Å². The first kappa shape index (κ1) is 19.9. The van der Waals surface area contributed by atoms with Gasteiger partial charge >= 0.3 is 0 Å². The Morgan fingerprint density at radius 1 is 1.07 bits per heavy atom. The van der Waals surface area contributed by atoms with E-state index in [4.69, 9.17) is 4.74 Å². The summed E-state index contributed by atoms with van der Waals surface area (Å²) in [6.07, 6.45) is 1.76. The van der Waals surface area contributed by atoms with Gasteiger partial charge in [0.1, 0.15) is 17.2 Å². The zero-order valence-electron chi connectivity index (χ0n) is 17.2. The van der Waals surface area contributed by atoms with Crippen molar-refractivity contribution in [2.75, 3.05) is 25.6 Å².